The quantitative estimate of drug-likeness (QED) is 0.681. The smallest absolute Gasteiger partial charge is 0.244 e. The molecule has 178 valence electrons. The maximum Gasteiger partial charge on any atom is 0.244 e. The summed E-state index contributed by atoms with van der Waals surface area (Å²) in [5.74, 6) is 1.16. The van der Waals surface area contributed by atoms with Crippen molar-refractivity contribution in [2.75, 3.05) is 32.8 Å². The molecular formula is C25H33ClN4O3. The molecule has 4 rings (SSSR count). The number of fused-ring (bicyclic) bond motifs is 1. The van der Waals surface area contributed by atoms with Gasteiger partial charge in [0, 0.05) is 25.8 Å². The maximum absolute atomic E-state index is 13.7. The molecule has 1 fully saturated rings. The molecule has 33 heavy (non-hydrogen) atoms. The van der Waals surface area contributed by atoms with E-state index < -0.39 is 5.41 Å². The van der Waals surface area contributed by atoms with Crippen LogP contribution >= 0.6 is 11.6 Å². The van der Waals surface area contributed by atoms with Crippen molar-refractivity contribution in [3.8, 4) is 5.75 Å². The number of aryl methyl sites for hydroxylation is 1. The van der Waals surface area contributed by atoms with Gasteiger partial charge >= 0.3 is 0 Å². The zero-order valence-electron chi connectivity index (χ0n) is 19.3. The van der Waals surface area contributed by atoms with Crippen molar-refractivity contribution in [2.45, 2.75) is 52.0 Å². The minimum absolute atomic E-state index is 0.0163. The lowest BCUT2D eigenvalue weighted by Gasteiger charge is -2.43. The van der Waals surface area contributed by atoms with Crippen LogP contribution in [0.15, 0.2) is 36.7 Å². The van der Waals surface area contributed by atoms with Crippen molar-refractivity contribution >= 4 is 23.4 Å². The predicted molar refractivity (Wildman–Crippen MR) is 127 cm³/mol. The van der Waals surface area contributed by atoms with Crippen molar-refractivity contribution < 1.29 is 14.3 Å². The highest BCUT2D eigenvalue weighted by Gasteiger charge is 2.43. The fourth-order valence-electron chi connectivity index (χ4n) is 5.05. The molecule has 0 radical (unpaired) electrons. The Morgan fingerprint density at radius 3 is 2.67 bits per heavy atom. The number of nitrogens with zero attached hydrogens (tertiary/aromatic N) is 4. The van der Waals surface area contributed by atoms with Crippen molar-refractivity contribution in [2.24, 2.45) is 5.41 Å². The van der Waals surface area contributed by atoms with Gasteiger partial charge in [0.15, 0.2) is 0 Å². The molecule has 0 unspecified atom stereocenters. The van der Waals surface area contributed by atoms with Crippen LogP contribution in [-0.2, 0) is 22.6 Å². The highest BCUT2D eigenvalue weighted by Crippen LogP contribution is 2.39. The number of ether oxygens (including phenoxy) is 1. The van der Waals surface area contributed by atoms with Gasteiger partial charge in [-0.2, -0.15) is 5.10 Å². The molecule has 8 heteroatoms. The van der Waals surface area contributed by atoms with Crippen LogP contribution in [0.2, 0.25) is 5.02 Å². The van der Waals surface area contributed by atoms with E-state index in [9.17, 15) is 9.59 Å². The Balaban J connectivity index is 1.44. The van der Waals surface area contributed by atoms with Crippen LogP contribution < -0.4 is 4.74 Å². The van der Waals surface area contributed by atoms with Gasteiger partial charge in [0.2, 0.25) is 11.8 Å². The van der Waals surface area contributed by atoms with E-state index >= 15 is 0 Å². The minimum Gasteiger partial charge on any atom is -0.491 e. The Morgan fingerprint density at radius 1 is 1.15 bits per heavy atom. The van der Waals surface area contributed by atoms with Crippen LogP contribution in [0, 0.1) is 5.41 Å². The number of benzene rings is 1. The van der Waals surface area contributed by atoms with Crippen molar-refractivity contribution in [3.63, 3.8) is 0 Å². The number of carbonyl (C=O) groups excluding carboxylic acids is 2. The maximum atomic E-state index is 13.7. The van der Waals surface area contributed by atoms with E-state index in [-0.39, 0.29) is 18.4 Å². The molecule has 1 spiro atoms. The molecule has 1 aromatic carbocycles. The molecule has 1 saturated heterocycles. The van der Waals surface area contributed by atoms with Gasteiger partial charge in [0.05, 0.1) is 23.2 Å². The Morgan fingerprint density at radius 2 is 1.94 bits per heavy atom. The Labute approximate surface area is 200 Å². The monoisotopic (exact) mass is 472 g/mol. The van der Waals surface area contributed by atoms with Gasteiger partial charge in [0.1, 0.15) is 18.9 Å². The van der Waals surface area contributed by atoms with Crippen LogP contribution in [0.25, 0.3) is 0 Å². The SMILES string of the molecule is CCN1CCOc2ccccc2CCCCC2(CCN(C(=O)Cn3cc(Cl)cn3)CC2)C1=O. The first-order valence-corrected chi connectivity index (χ1v) is 12.3. The molecular weight excluding hydrogens is 440 g/mol. The normalized spacial score (nSPS) is 19.4. The molecule has 1 aromatic heterocycles. The van der Waals surface area contributed by atoms with Crippen molar-refractivity contribution in [1.82, 2.24) is 19.6 Å². The van der Waals surface area contributed by atoms with E-state index in [2.05, 4.69) is 17.2 Å². The van der Waals surface area contributed by atoms with Crippen LogP contribution in [0.1, 0.15) is 44.6 Å². The van der Waals surface area contributed by atoms with Gasteiger partial charge < -0.3 is 14.5 Å². The Kier molecular flexibility index (Phi) is 7.58. The Hall–Kier alpha value is -2.54. The number of halogens is 1. The summed E-state index contributed by atoms with van der Waals surface area (Å²) in [5.41, 5.74) is 0.834. The van der Waals surface area contributed by atoms with E-state index in [4.69, 9.17) is 16.3 Å². The highest BCUT2D eigenvalue weighted by atomic mass is 35.5. The fourth-order valence-corrected chi connectivity index (χ4v) is 5.21. The third-order valence-electron chi connectivity index (χ3n) is 7.04. The largest absolute Gasteiger partial charge is 0.491 e. The second-order valence-corrected chi connectivity index (χ2v) is 9.50. The van der Waals surface area contributed by atoms with E-state index in [0.717, 1.165) is 31.4 Å². The van der Waals surface area contributed by atoms with Crippen molar-refractivity contribution in [1.29, 1.82) is 0 Å². The van der Waals surface area contributed by atoms with E-state index in [1.54, 1.807) is 10.9 Å². The van der Waals surface area contributed by atoms with Gasteiger partial charge in [-0.1, -0.05) is 36.2 Å². The molecule has 2 amide bonds. The predicted octanol–water partition coefficient (Wildman–Crippen LogP) is 3.80. The van der Waals surface area contributed by atoms with Gasteiger partial charge in [-0.3, -0.25) is 14.3 Å². The zero-order chi connectivity index (χ0) is 23.3. The number of aromatic nitrogens is 2. The summed E-state index contributed by atoms with van der Waals surface area (Å²) in [6.07, 6.45) is 8.40. The van der Waals surface area contributed by atoms with Crippen LogP contribution in [-0.4, -0.2) is 64.2 Å². The topological polar surface area (TPSA) is 67.7 Å². The number of piperidine rings is 1. The molecule has 2 aliphatic heterocycles. The second kappa shape index (κ2) is 10.6. The van der Waals surface area contributed by atoms with E-state index in [1.807, 2.05) is 28.9 Å². The molecule has 0 N–H and O–H groups in total. The lowest BCUT2D eigenvalue weighted by atomic mass is 9.73. The number of carbonyl (C=O) groups is 2. The van der Waals surface area contributed by atoms with Crippen LogP contribution in [0.5, 0.6) is 5.75 Å². The summed E-state index contributed by atoms with van der Waals surface area (Å²) in [4.78, 5) is 30.3. The lowest BCUT2D eigenvalue weighted by molar-refractivity contribution is -0.149. The summed E-state index contributed by atoms with van der Waals surface area (Å²) in [7, 11) is 0. The lowest BCUT2D eigenvalue weighted by Crippen LogP contribution is -2.52. The summed E-state index contributed by atoms with van der Waals surface area (Å²) >= 11 is 5.91. The van der Waals surface area contributed by atoms with Crippen molar-refractivity contribution in [3.05, 3.63) is 47.2 Å². The summed E-state index contributed by atoms with van der Waals surface area (Å²) in [6, 6.07) is 8.21. The molecule has 7 nitrogen and oxygen atoms in total. The average Bonchev–Trinajstić information content (AvgIpc) is 3.24. The van der Waals surface area contributed by atoms with Gasteiger partial charge in [0.25, 0.3) is 0 Å². The fraction of sp³-hybridized carbons (Fsp3) is 0.560. The molecule has 0 saturated carbocycles. The summed E-state index contributed by atoms with van der Waals surface area (Å²) < 4.78 is 7.62. The van der Waals surface area contributed by atoms with Gasteiger partial charge in [-0.05, 0) is 50.7 Å². The summed E-state index contributed by atoms with van der Waals surface area (Å²) in [5, 5.41) is 4.63. The molecule has 0 atom stereocenters. The first kappa shape index (κ1) is 23.6. The van der Waals surface area contributed by atoms with Gasteiger partial charge in [-0.15, -0.1) is 0 Å². The molecule has 2 aliphatic rings. The summed E-state index contributed by atoms with van der Waals surface area (Å²) in [6.45, 7) is 5.11. The molecule has 2 aromatic rings. The standard InChI is InChI=1S/C25H33ClN4O3/c1-2-28-15-16-33-22-9-4-3-7-20(22)8-5-6-10-25(24(28)32)11-13-29(14-12-25)23(31)19-30-18-21(26)17-27-30/h3-4,7,9,17-18H,2,5-6,8,10-16,19H2,1H3. The molecule has 0 aliphatic carbocycles. The van der Waals surface area contributed by atoms with E-state index in [1.165, 1.54) is 11.8 Å². The van der Waals surface area contributed by atoms with E-state index in [0.29, 0.717) is 50.7 Å². The van der Waals surface area contributed by atoms with Crippen LogP contribution in [0.4, 0.5) is 0 Å². The third kappa shape index (κ3) is 5.52. The number of rotatable bonds is 3. The Bertz CT molecular complexity index is 968. The molecule has 0 bridgehead atoms. The number of para-hydroxylation sites is 1. The van der Waals surface area contributed by atoms with Gasteiger partial charge in [-0.25, -0.2) is 0 Å². The zero-order valence-corrected chi connectivity index (χ0v) is 20.1. The number of hydrogen-bond donors (Lipinski definition) is 0. The second-order valence-electron chi connectivity index (χ2n) is 9.07. The minimum atomic E-state index is -0.402. The number of hydrogen-bond acceptors (Lipinski definition) is 4. The number of likely N-dealkylation sites (tertiary alicyclic amines) is 1. The number of likely N-dealkylation sites (N-methyl/N-ethyl adjacent to an activating group) is 1. The third-order valence-corrected chi connectivity index (χ3v) is 7.23. The first-order chi connectivity index (χ1) is 16.0. The number of amides is 2. The van der Waals surface area contributed by atoms with Crippen LogP contribution in [0.3, 0.4) is 0 Å². The highest BCUT2D eigenvalue weighted by molar-refractivity contribution is 6.30. The average molecular weight is 473 g/mol. The molecule has 3 heterocycles. The first-order valence-electron chi connectivity index (χ1n) is 12.0.